The number of hydrogen-bond donors (Lipinski definition) is 3. The van der Waals surface area contributed by atoms with E-state index in [1.54, 1.807) is 0 Å². The Bertz CT molecular complexity index is 1600. The number of fused-ring (bicyclic) bond motifs is 2. The Morgan fingerprint density at radius 3 is 2.53 bits per heavy atom. The monoisotopic (exact) mass is 531 g/mol. The first-order chi connectivity index (χ1) is 18.4. The molecule has 1 amide bonds. The van der Waals surface area contributed by atoms with Gasteiger partial charge < -0.3 is 21.3 Å². The molecule has 6 rings (SSSR count). The molecule has 0 aliphatic heterocycles. The Labute approximate surface area is 223 Å². The van der Waals surface area contributed by atoms with E-state index >= 15 is 0 Å². The zero-order valence-corrected chi connectivity index (χ0v) is 21.2. The second-order valence-corrected chi connectivity index (χ2v) is 9.38. The van der Waals surface area contributed by atoms with E-state index in [9.17, 15) is 0 Å². The highest BCUT2D eigenvalue weighted by molar-refractivity contribution is 6.34. The molecule has 3 heterocycles. The van der Waals surface area contributed by atoms with E-state index in [1.165, 1.54) is 25.6 Å². The maximum absolute atomic E-state index is 8.78. The van der Waals surface area contributed by atoms with Crippen LogP contribution in [0.15, 0.2) is 60.9 Å². The van der Waals surface area contributed by atoms with Crippen LogP contribution in [0.3, 0.4) is 0 Å². The number of hydrogen-bond acceptors (Lipinski definition) is 7. The molecule has 194 valence electrons. The molecule has 5 aromatic rings. The summed E-state index contributed by atoms with van der Waals surface area (Å²) in [5, 5.41) is 14.4. The largest absolute Gasteiger partial charge is 0.465 e. The second-order valence-electron chi connectivity index (χ2n) is 8.97. The number of carbonyl (C=O) groups is 1. The Balaban J connectivity index is 0.000000689. The lowest BCUT2D eigenvalue weighted by Gasteiger charge is -2.22. The summed E-state index contributed by atoms with van der Waals surface area (Å²) >= 11 is 6.77. The van der Waals surface area contributed by atoms with Crippen LogP contribution in [0.5, 0.6) is 11.6 Å². The van der Waals surface area contributed by atoms with Gasteiger partial charge in [0.2, 0.25) is 5.88 Å². The summed E-state index contributed by atoms with van der Waals surface area (Å²) in [5.41, 5.74) is 13.3. The molecule has 0 bridgehead atoms. The number of nitrogen functional groups attached to an aromatic ring is 1. The molecule has 10 nitrogen and oxygen atoms in total. The predicted octanol–water partition coefficient (Wildman–Crippen LogP) is 6.20. The first-order valence-corrected chi connectivity index (χ1v) is 12.6. The van der Waals surface area contributed by atoms with Crippen molar-refractivity contribution < 1.29 is 14.6 Å². The molecule has 5 N–H and O–H groups in total. The molecule has 1 fully saturated rings. The maximum Gasteiger partial charge on any atom is 0.402 e. The summed E-state index contributed by atoms with van der Waals surface area (Å²) in [6.07, 6.45) is 5.95. The SMILES string of the molecule is NC(=O)O.Nc1ncnc2c1c(-c1cc3nc(Oc4ccccc4)ccc3cc1Cl)nn2C1CCCCC1. The van der Waals surface area contributed by atoms with Gasteiger partial charge in [0.15, 0.2) is 5.65 Å². The van der Waals surface area contributed by atoms with Crippen molar-refractivity contribution in [2.75, 3.05) is 5.73 Å². The van der Waals surface area contributed by atoms with Gasteiger partial charge in [0.25, 0.3) is 0 Å². The number of anilines is 1. The number of amides is 1. The second kappa shape index (κ2) is 10.9. The minimum absolute atomic E-state index is 0.294. The summed E-state index contributed by atoms with van der Waals surface area (Å²) in [6, 6.07) is 17.5. The van der Waals surface area contributed by atoms with E-state index in [-0.39, 0.29) is 0 Å². The van der Waals surface area contributed by atoms with Crippen molar-refractivity contribution in [2.45, 2.75) is 38.1 Å². The van der Waals surface area contributed by atoms with Crippen molar-refractivity contribution in [2.24, 2.45) is 5.73 Å². The number of nitrogens with two attached hydrogens (primary N) is 2. The molecule has 2 aromatic carbocycles. The molecule has 1 aliphatic carbocycles. The molecule has 0 unspecified atom stereocenters. The molecule has 0 atom stereocenters. The standard InChI is InChI=1S/C26H23ClN6O.CH3NO2/c27-20-13-16-11-12-22(34-18-9-5-2-6-10-18)31-21(16)14-19(20)24-23-25(28)29-15-30-26(23)33(32-24)17-7-3-1-4-8-17;2-1(3)4/h2,5-6,9-15,17H,1,3-4,7-8H2,(H2,28,29,30);2H2,(H,3,4). The summed E-state index contributed by atoms with van der Waals surface area (Å²) in [5.74, 6) is 1.63. The van der Waals surface area contributed by atoms with Crippen LogP contribution in [0, 0.1) is 0 Å². The highest BCUT2D eigenvalue weighted by Crippen LogP contribution is 2.39. The third-order valence-electron chi connectivity index (χ3n) is 6.41. The van der Waals surface area contributed by atoms with Crippen molar-refractivity contribution >= 4 is 45.4 Å². The van der Waals surface area contributed by atoms with Crippen LogP contribution >= 0.6 is 11.6 Å². The number of aromatic nitrogens is 5. The Morgan fingerprint density at radius 1 is 1.05 bits per heavy atom. The minimum atomic E-state index is -1.33. The van der Waals surface area contributed by atoms with E-state index in [2.05, 4.69) is 15.7 Å². The van der Waals surface area contributed by atoms with Crippen LogP contribution in [-0.4, -0.2) is 35.9 Å². The third kappa shape index (κ3) is 5.30. The lowest BCUT2D eigenvalue weighted by molar-refractivity contribution is 0.205. The van der Waals surface area contributed by atoms with Gasteiger partial charge >= 0.3 is 6.09 Å². The van der Waals surface area contributed by atoms with E-state index in [0.29, 0.717) is 28.5 Å². The maximum atomic E-state index is 8.78. The van der Waals surface area contributed by atoms with Crippen molar-refractivity contribution in [3.8, 4) is 22.9 Å². The van der Waals surface area contributed by atoms with Crippen molar-refractivity contribution in [3.63, 3.8) is 0 Å². The van der Waals surface area contributed by atoms with Crippen molar-refractivity contribution in [1.29, 1.82) is 0 Å². The van der Waals surface area contributed by atoms with Crippen molar-refractivity contribution in [1.82, 2.24) is 24.7 Å². The number of benzene rings is 2. The number of nitrogens with zero attached hydrogens (tertiary/aromatic N) is 5. The number of halogens is 1. The highest BCUT2D eigenvalue weighted by Gasteiger charge is 2.25. The van der Waals surface area contributed by atoms with Gasteiger partial charge in [-0.2, -0.15) is 5.10 Å². The van der Waals surface area contributed by atoms with Gasteiger partial charge in [-0.15, -0.1) is 0 Å². The van der Waals surface area contributed by atoms with E-state index in [1.807, 2.05) is 59.3 Å². The van der Waals surface area contributed by atoms with Gasteiger partial charge in [-0.3, -0.25) is 0 Å². The number of pyridine rings is 1. The first-order valence-electron chi connectivity index (χ1n) is 12.2. The number of para-hydroxylation sites is 1. The lowest BCUT2D eigenvalue weighted by Crippen LogP contribution is -2.14. The van der Waals surface area contributed by atoms with E-state index < -0.39 is 6.09 Å². The molecule has 0 radical (unpaired) electrons. The smallest absolute Gasteiger partial charge is 0.402 e. The normalized spacial score (nSPS) is 13.7. The van der Waals surface area contributed by atoms with Gasteiger partial charge in [-0.25, -0.2) is 24.4 Å². The number of primary amides is 1. The molecule has 38 heavy (non-hydrogen) atoms. The van der Waals surface area contributed by atoms with Gasteiger partial charge in [0.05, 0.1) is 22.0 Å². The average molecular weight is 532 g/mol. The highest BCUT2D eigenvalue weighted by atomic mass is 35.5. The van der Waals surface area contributed by atoms with Gasteiger partial charge in [0.1, 0.15) is 23.6 Å². The lowest BCUT2D eigenvalue weighted by atomic mass is 9.96. The molecule has 11 heteroatoms. The average Bonchev–Trinajstić information content (AvgIpc) is 3.30. The predicted molar refractivity (Wildman–Crippen MR) is 146 cm³/mol. The topological polar surface area (TPSA) is 155 Å². The molecule has 1 saturated carbocycles. The number of rotatable bonds is 4. The molecule has 0 saturated heterocycles. The van der Waals surface area contributed by atoms with E-state index in [0.717, 1.165) is 46.1 Å². The fourth-order valence-electron chi connectivity index (χ4n) is 4.74. The Kier molecular flexibility index (Phi) is 7.23. The molecular formula is C27H26ClN7O3. The van der Waals surface area contributed by atoms with Crippen LogP contribution in [-0.2, 0) is 0 Å². The van der Waals surface area contributed by atoms with E-state index in [4.69, 9.17) is 42.1 Å². The zero-order chi connectivity index (χ0) is 26.6. The van der Waals surface area contributed by atoms with Gasteiger partial charge in [-0.1, -0.05) is 49.1 Å². The van der Waals surface area contributed by atoms with Crippen molar-refractivity contribution in [3.05, 3.63) is 65.9 Å². The molecular weight excluding hydrogens is 506 g/mol. The Hall–Kier alpha value is -4.44. The summed E-state index contributed by atoms with van der Waals surface area (Å²) in [7, 11) is 0. The van der Waals surface area contributed by atoms with Gasteiger partial charge in [-0.05, 0) is 43.2 Å². The van der Waals surface area contributed by atoms with Crippen LogP contribution < -0.4 is 16.2 Å². The number of carboxylic acid groups (broad SMARTS) is 1. The third-order valence-corrected chi connectivity index (χ3v) is 6.72. The van der Waals surface area contributed by atoms with Crippen LogP contribution in [0.4, 0.5) is 10.6 Å². The minimum Gasteiger partial charge on any atom is -0.465 e. The van der Waals surface area contributed by atoms with Crippen LogP contribution in [0.2, 0.25) is 5.02 Å². The summed E-state index contributed by atoms with van der Waals surface area (Å²) in [6.45, 7) is 0. The molecule has 0 spiro atoms. The fourth-order valence-corrected chi connectivity index (χ4v) is 5.00. The zero-order valence-electron chi connectivity index (χ0n) is 20.4. The quantitative estimate of drug-likeness (QED) is 0.247. The molecule has 1 aliphatic rings. The fraction of sp³-hybridized carbons (Fsp3) is 0.222. The van der Waals surface area contributed by atoms with Gasteiger partial charge in [0, 0.05) is 17.0 Å². The first kappa shape index (κ1) is 25.2. The summed E-state index contributed by atoms with van der Waals surface area (Å²) in [4.78, 5) is 22.3. The molecule has 3 aromatic heterocycles. The number of ether oxygens (including phenoxy) is 1. The Morgan fingerprint density at radius 2 is 1.79 bits per heavy atom. The van der Waals surface area contributed by atoms with Crippen LogP contribution in [0.1, 0.15) is 38.1 Å². The van der Waals surface area contributed by atoms with Crippen LogP contribution in [0.25, 0.3) is 33.2 Å². The summed E-state index contributed by atoms with van der Waals surface area (Å²) < 4.78 is 7.95.